The van der Waals surface area contributed by atoms with Crippen molar-refractivity contribution in [2.24, 2.45) is 0 Å². The molecule has 0 aliphatic carbocycles. The SMILES string of the molecule is Cc1nc(C(C)Nc2ccc(Br)c(F)c2)c(C)s1. The Morgan fingerprint density at radius 3 is 2.67 bits per heavy atom. The molecule has 1 aromatic carbocycles. The second-order valence-corrected chi connectivity index (χ2v) is 6.43. The molecule has 18 heavy (non-hydrogen) atoms. The van der Waals surface area contributed by atoms with Crippen LogP contribution in [-0.2, 0) is 0 Å². The van der Waals surface area contributed by atoms with Gasteiger partial charge in [-0.1, -0.05) is 0 Å². The molecule has 0 aliphatic heterocycles. The molecule has 1 aromatic heterocycles. The van der Waals surface area contributed by atoms with Crippen LogP contribution in [0.3, 0.4) is 0 Å². The lowest BCUT2D eigenvalue weighted by Gasteiger charge is -2.14. The number of halogens is 2. The van der Waals surface area contributed by atoms with E-state index in [1.165, 1.54) is 10.9 Å². The van der Waals surface area contributed by atoms with Crippen LogP contribution in [0.5, 0.6) is 0 Å². The number of rotatable bonds is 3. The third-order valence-corrected chi connectivity index (χ3v) is 4.20. The average molecular weight is 329 g/mol. The van der Waals surface area contributed by atoms with Gasteiger partial charge in [0.25, 0.3) is 0 Å². The van der Waals surface area contributed by atoms with E-state index in [9.17, 15) is 4.39 Å². The summed E-state index contributed by atoms with van der Waals surface area (Å²) in [7, 11) is 0. The van der Waals surface area contributed by atoms with E-state index >= 15 is 0 Å². The number of nitrogens with zero attached hydrogens (tertiary/aromatic N) is 1. The predicted octanol–water partition coefficient (Wildman–Crippen LogP) is 4.83. The lowest BCUT2D eigenvalue weighted by atomic mass is 10.2. The summed E-state index contributed by atoms with van der Waals surface area (Å²) in [6.07, 6.45) is 0. The summed E-state index contributed by atoms with van der Waals surface area (Å²) in [5, 5.41) is 4.32. The maximum atomic E-state index is 13.4. The number of thiazole rings is 1. The molecule has 0 radical (unpaired) electrons. The van der Waals surface area contributed by atoms with Crippen LogP contribution in [0.2, 0.25) is 0 Å². The minimum atomic E-state index is -0.265. The van der Waals surface area contributed by atoms with Gasteiger partial charge in [0.1, 0.15) is 5.82 Å². The van der Waals surface area contributed by atoms with Gasteiger partial charge in [0.2, 0.25) is 0 Å². The summed E-state index contributed by atoms with van der Waals surface area (Å²) in [4.78, 5) is 5.70. The number of aromatic nitrogens is 1. The van der Waals surface area contributed by atoms with Gasteiger partial charge in [-0.2, -0.15) is 0 Å². The highest BCUT2D eigenvalue weighted by Gasteiger charge is 2.13. The Morgan fingerprint density at radius 2 is 2.11 bits per heavy atom. The third kappa shape index (κ3) is 2.90. The van der Waals surface area contributed by atoms with E-state index in [0.29, 0.717) is 4.47 Å². The Balaban J connectivity index is 2.18. The molecule has 2 nitrogen and oxygen atoms in total. The van der Waals surface area contributed by atoms with Gasteiger partial charge < -0.3 is 5.32 Å². The predicted molar refractivity (Wildman–Crippen MR) is 77.7 cm³/mol. The van der Waals surface area contributed by atoms with Crippen molar-refractivity contribution < 1.29 is 4.39 Å². The normalized spacial score (nSPS) is 12.5. The van der Waals surface area contributed by atoms with Crippen LogP contribution in [0.25, 0.3) is 0 Å². The monoisotopic (exact) mass is 328 g/mol. The highest BCUT2D eigenvalue weighted by molar-refractivity contribution is 9.10. The zero-order valence-electron chi connectivity index (χ0n) is 10.4. The van der Waals surface area contributed by atoms with E-state index in [2.05, 4.69) is 33.2 Å². The first kappa shape index (κ1) is 13.5. The second kappa shape index (κ2) is 5.36. The largest absolute Gasteiger partial charge is 0.377 e. The van der Waals surface area contributed by atoms with E-state index in [1.807, 2.05) is 19.9 Å². The Morgan fingerprint density at radius 1 is 1.39 bits per heavy atom. The molecule has 2 rings (SSSR count). The van der Waals surface area contributed by atoms with Crippen molar-refractivity contribution in [2.75, 3.05) is 5.32 Å². The summed E-state index contributed by atoms with van der Waals surface area (Å²) in [5.41, 5.74) is 1.79. The number of hydrogen-bond donors (Lipinski definition) is 1. The quantitative estimate of drug-likeness (QED) is 0.872. The van der Waals surface area contributed by atoms with Gasteiger partial charge in [0.05, 0.1) is 21.2 Å². The molecule has 1 N–H and O–H groups in total. The maximum Gasteiger partial charge on any atom is 0.139 e. The molecule has 96 valence electrons. The second-order valence-electron chi connectivity index (χ2n) is 4.17. The Bertz CT molecular complexity index is 568. The van der Waals surface area contributed by atoms with Crippen molar-refractivity contribution in [1.29, 1.82) is 0 Å². The summed E-state index contributed by atoms with van der Waals surface area (Å²) < 4.78 is 13.9. The van der Waals surface area contributed by atoms with Crippen molar-refractivity contribution in [2.45, 2.75) is 26.8 Å². The molecule has 0 spiro atoms. The van der Waals surface area contributed by atoms with E-state index in [-0.39, 0.29) is 11.9 Å². The van der Waals surface area contributed by atoms with Crippen molar-refractivity contribution in [3.05, 3.63) is 44.1 Å². The van der Waals surface area contributed by atoms with Crippen LogP contribution in [0.15, 0.2) is 22.7 Å². The fourth-order valence-electron chi connectivity index (χ4n) is 1.85. The molecule has 5 heteroatoms. The van der Waals surface area contributed by atoms with Crippen molar-refractivity contribution in [3.63, 3.8) is 0 Å². The first-order valence-corrected chi connectivity index (χ1v) is 7.24. The lowest BCUT2D eigenvalue weighted by Crippen LogP contribution is -2.08. The minimum Gasteiger partial charge on any atom is -0.377 e. The standard InChI is InChI=1S/C13H14BrFN2S/c1-7(13-8(2)18-9(3)17-13)16-10-4-5-11(14)12(15)6-10/h4-7,16H,1-3H3. The maximum absolute atomic E-state index is 13.4. The van der Waals surface area contributed by atoms with Gasteiger partial charge >= 0.3 is 0 Å². The molecule has 2 aromatic rings. The molecular weight excluding hydrogens is 315 g/mol. The van der Waals surface area contributed by atoms with Crippen LogP contribution < -0.4 is 5.32 Å². The highest BCUT2D eigenvalue weighted by atomic mass is 79.9. The number of nitrogens with one attached hydrogen (secondary N) is 1. The van der Waals surface area contributed by atoms with Crippen LogP contribution in [-0.4, -0.2) is 4.98 Å². The molecule has 0 amide bonds. The summed E-state index contributed by atoms with van der Waals surface area (Å²) >= 11 is 4.82. The smallest absolute Gasteiger partial charge is 0.139 e. The fraction of sp³-hybridized carbons (Fsp3) is 0.308. The van der Waals surface area contributed by atoms with Gasteiger partial charge in [0, 0.05) is 10.6 Å². The summed E-state index contributed by atoms with van der Waals surface area (Å²) in [6.45, 7) is 6.08. The molecule has 0 fully saturated rings. The molecule has 1 atom stereocenters. The zero-order valence-corrected chi connectivity index (χ0v) is 12.8. The van der Waals surface area contributed by atoms with Crippen LogP contribution >= 0.6 is 27.3 Å². The number of anilines is 1. The molecule has 0 saturated carbocycles. The first-order chi connectivity index (χ1) is 8.47. The minimum absolute atomic E-state index is 0.0653. The van der Waals surface area contributed by atoms with Crippen LogP contribution in [0.4, 0.5) is 10.1 Å². The van der Waals surface area contributed by atoms with Gasteiger partial charge in [-0.15, -0.1) is 11.3 Å². The molecule has 1 heterocycles. The van der Waals surface area contributed by atoms with Gasteiger partial charge in [0.15, 0.2) is 0 Å². The van der Waals surface area contributed by atoms with E-state index in [1.54, 1.807) is 17.4 Å². The van der Waals surface area contributed by atoms with Gasteiger partial charge in [-0.3, -0.25) is 0 Å². The van der Waals surface area contributed by atoms with Gasteiger partial charge in [-0.05, 0) is 54.9 Å². The highest BCUT2D eigenvalue weighted by Crippen LogP contribution is 2.27. The number of aryl methyl sites for hydroxylation is 2. The van der Waals surface area contributed by atoms with E-state index in [0.717, 1.165) is 16.4 Å². The molecule has 1 unspecified atom stereocenters. The topological polar surface area (TPSA) is 24.9 Å². The average Bonchev–Trinajstić information content (AvgIpc) is 2.63. The Labute approximate surface area is 118 Å². The van der Waals surface area contributed by atoms with E-state index < -0.39 is 0 Å². The van der Waals surface area contributed by atoms with Crippen molar-refractivity contribution in [3.8, 4) is 0 Å². The molecule has 0 saturated heterocycles. The fourth-order valence-corrected chi connectivity index (χ4v) is 3.01. The van der Waals surface area contributed by atoms with Crippen molar-refractivity contribution in [1.82, 2.24) is 4.98 Å². The molecule has 0 aliphatic rings. The lowest BCUT2D eigenvalue weighted by molar-refractivity contribution is 0.621. The Hall–Kier alpha value is -0.940. The molecular formula is C13H14BrFN2S. The van der Waals surface area contributed by atoms with Gasteiger partial charge in [-0.25, -0.2) is 9.37 Å². The zero-order chi connectivity index (χ0) is 13.3. The number of benzene rings is 1. The van der Waals surface area contributed by atoms with Crippen LogP contribution in [0, 0.1) is 19.7 Å². The first-order valence-electron chi connectivity index (χ1n) is 5.63. The Kier molecular flexibility index (Phi) is 4.02. The summed E-state index contributed by atoms with van der Waals surface area (Å²) in [6, 6.07) is 5.09. The van der Waals surface area contributed by atoms with Crippen molar-refractivity contribution >= 4 is 33.0 Å². The van der Waals surface area contributed by atoms with Crippen LogP contribution in [0.1, 0.15) is 28.5 Å². The third-order valence-electron chi connectivity index (χ3n) is 2.65. The molecule has 0 bridgehead atoms. The van der Waals surface area contributed by atoms with E-state index in [4.69, 9.17) is 0 Å². The number of hydrogen-bond acceptors (Lipinski definition) is 3. The summed E-state index contributed by atoms with van der Waals surface area (Å²) in [5.74, 6) is -0.265.